The number of quaternary nitrogens is 1. The highest BCUT2D eigenvalue weighted by Crippen LogP contribution is 2.48. The fourth-order valence-electron chi connectivity index (χ4n) is 10.2. The molecule has 21 heteroatoms. The lowest BCUT2D eigenvalue weighted by molar-refractivity contribution is -0.886. The molecule has 8 bridgehead atoms. The number of aromatic amines is 2. The zero-order chi connectivity index (χ0) is 53.3. The second-order valence-corrected chi connectivity index (χ2v) is 22.4. The van der Waals surface area contributed by atoms with Crippen LogP contribution >= 0.6 is 21.6 Å². The standard InChI is InChI=1S/C52H71N9O10S2/c1-12-32-27(2)34-24-39-43(31(6)63)29(4)36(58-39)22-35-28(3)33(47(59-35)45-46(51(67)69-11)49(65)44-30(5)37(60-48(44)45)23-38(32)57-34)15-16-41(64)54-17-13-14-40(61(8,9)10)50(66)55-18-19-56-52(68)70-20-21-72-73-25-42(53-7)71-26-62/h22-24,26-28,32-33,40,42,46,53H,12-21,25H2,1-11H3,(H4-,54,55,56,57,58,59,60,63,64,65,66,68)/p+1/t27-,28+,32-,33+,40-,42+,46?/m0/s1. The molecule has 19 nitrogen and oxygen atoms in total. The number of alkyl carbamates (subject to hydrolysis) is 1. The zero-order valence-corrected chi connectivity index (χ0v) is 45.5. The first-order valence-corrected chi connectivity index (χ1v) is 27.4. The average Bonchev–Trinajstić information content (AvgIpc) is 4.09. The number of amides is 3. The first kappa shape index (κ1) is 56.5. The minimum atomic E-state index is -1.26. The normalized spacial score (nSPS) is 18.9. The number of methoxy groups -OCH3 is 1. The number of rotatable bonds is 24. The number of Topliss-reactive ketones (excluding diaryl/α,β-unsaturated/α-hetero) is 2. The van der Waals surface area contributed by atoms with Gasteiger partial charge in [-0.2, -0.15) is 0 Å². The summed E-state index contributed by atoms with van der Waals surface area (Å²) in [6.07, 6.45) is 1.29. The van der Waals surface area contributed by atoms with Crippen molar-refractivity contribution in [2.45, 2.75) is 116 Å². The number of H-pyrrole nitrogens is 2. The van der Waals surface area contributed by atoms with Crippen molar-refractivity contribution in [3.05, 3.63) is 68.8 Å². The molecule has 6 rings (SSSR count). The van der Waals surface area contributed by atoms with Crippen LogP contribution in [0.1, 0.15) is 150 Å². The Morgan fingerprint density at radius 3 is 2.22 bits per heavy atom. The Hall–Kier alpha value is -5.77. The van der Waals surface area contributed by atoms with Gasteiger partial charge in [-0.15, -0.1) is 0 Å². The molecule has 0 aromatic carbocycles. The maximum Gasteiger partial charge on any atom is 0.407 e. The number of hydrogen-bond donors (Lipinski definition) is 6. The number of likely N-dealkylation sites (N-methyl/N-ethyl adjacent to an activating group) is 1. The van der Waals surface area contributed by atoms with Gasteiger partial charge in [0, 0.05) is 107 Å². The third-order valence-electron chi connectivity index (χ3n) is 14.3. The van der Waals surface area contributed by atoms with Crippen LogP contribution in [0.15, 0.2) is 18.2 Å². The number of nitrogens with zero attached hydrogens (tertiary/aromatic N) is 3. The number of ketones is 2. The number of nitrogens with one attached hydrogen (secondary N) is 6. The summed E-state index contributed by atoms with van der Waals surface area (Å²) in [7, 11) is 11.7. The molecule has 0 saturated carbocycles. The van der Waals surface area contributed by atoms with Crippen LogP contribution in [0.25, 0.3) is 22.1 Å². The molecule has 0 saturated heterocycles. The van der Waals surface area contributed by atoms with Crippen molar-refractivity contribution in [2.75, 3.05) is 73.0 Å². The Bertz CT molecular complexity index is 2750. The van der Waals surface area contributed by atoms with E-state index in [4.69, 9.17) is 24.2 Å². The predicted octanol–water partition coefficient (Wildman–Crippen LogP) is 6.47. The van der Waals surface area contributed by atoms with E-state index in [-0.39, 0.29) is 67.3 Å². The molecule has 0 radical (unpaired) electrons. The fourth-order valence-corrected chi connectivity index (χ4v) is 12.2. The fraction of sp³-hybridized carbons (Fsp3) is 0.558. The van der Waals surface area contributed by atoms with Gasteiger partial charge < -0.3 is 44.6 Å². The predicted molar refractivity (Wildman–Crippen MR) is 283 cm³/mol. The molecule has 3 aromatic heterocycles. The van der Waals surface area contributed by atoms with Gasteiger partial charge in [0.25, 0.3) is 12.4 Å². The monoisotopic (exact) mass is 1050 g/mol. The highest BCUT2D eigenvalue weighted by atomic mass is 33.1. The summed E-state index contributed by atoms with van der Waals surface area (Å²) in [5.74, 6) is -2.24. The molecule has 2 aliphatic heterocycles. The maximum absolute atomic E-state index is 14.5. The molecule has 7 atom stereocenters. The largest absolute Gasteiger partial charge is 0.468 e. The topological polar surface area (TPSA) is 253 Å². The van der Waals surface area contributed by atoms with Gasteiger partial charge in [-0.3, -0.25) is 44.1 Å². The molecule has 3 aromatic rings. The van der Waals surface area contributed by atoms with Gasteiger partial charge in [0.05, 0.1) is 50.7 Å². The molecule has 3 amide bonds. The van der Waals surface area contributed by atoms with Crippen LogP contribution < -0.4 is 21.3 Å². The highest BCUT2D eigenvalue weighted by molar-refractivity contribution is 8.76. The van der Waals surface area contributed by atoms with Gasteiger partial charge in [0.15, 0.2) is 23.8 Å². The van der Waals surface area contributed by atoms with Gasteiger partial charge in [-0.1, -0.05) is 42.4 Å². The van der Waals surface area contributed by atoms with Crippen LogP contribution in [-0.4, -0.2) is 152 Å². The number of aryl methyl sites for hydroxylation is 2. The van der Waals surface area contributed by atoms with E-state index in [9.17, 15) is 33.6 Å². The van der Waals surface area contributed by atoms with Crippen molar-refractivity contribution < 1.29 is 52.3 Å². The van der Waals surface area contributed by atoms with Crippen molar-refractivity contribution in [3.8, 4) is 0 Å². The van der Waals surface area contributed by atoms with Crippen LogP contribution in [0.5, 0.6) is 0 Å². The summed E-state index contributed by atoms with van der Waals surface area (Å²) in [4.78, 5) is 109. The molecular weight excluding hydrogens is 975 g/mol. The van der Waals surface area contributed by atoms with Crippen LogP contribution in [0.2, 0.25) is 0 Å². The smallest absolute Gasteiger partial charge is 0.407 e. The van der Waals surface area contributed by atoms with Gasteiger partial charge >= 0.3 is 12.1 Å². The zero-order valence-electron chi connectivity index (χ0n) is 43.9. The minimum Gasteiger partial charge on any atom is -0.468 e. The summed E-state index contributed by atoms with van der Waals surface area (Å²) in [6, 6.07) is 5.45. The van der Waals surface area contributed by atoms with Gasteiger partial charge in [-0.25, -0.2) is 4.79 Å². The van der Waals surface area contributed by atoms with E-state index >= 15 is 0 Å². The Balaban J connectivity index is 1.16. The summed E-state index contributed by atoms with van der Waals surface area (Å²) in [5.41, 5.74) is 8.36. The minimum absolute atomic E-state index is 0.0561. The summed E-state index contributed by atoms with van der Waals surface area (Å²) in [5, 5.41) is 11.5. The Labute approximate surface area is 434 Å². The van der Waals surface area contributed by atoms with E-state index in [0.29, 0.717) is 104 Å². The first-order chi connectivity index (χ1) is 34.7. The van der Waals surface area contributed by atoms with Gasteiger partial charge in [0.1, 0.15) is 12.5 Å². The number of aromatic nitrogens is 4. The van der Waals surface area contributed by atoms with Crippen molar-refractivity contribution in [1.82, 2.24) is 41.2 Å². The van der Waals surface area contributed by atoms with Crippen LogP contribution in [0.4, 0.5) is 4.79 Å². The lowest BCUT2D eigenvalue weighted by Crippen LogP contribution is -2.54. The quantitative estimate of drug-likeness (QED) is 0.00648. The third-order valence-corrected chi connectivity index (χ3v) is 16.6. The number of carbonyl (C=O) groups is 7. The number of esters is 1. The lowest BCUT2D eigenvalue weighted by Gasteiger charge is -2.33. The molecule has 0 fully saturated rings. The van der Waals surface area contributed by atoms with Crippen molar-refractivity contribution >= 4 is 85.6 Å². The average molecular weight is 1050 g/mol. The van der Waals surface area contributed by atoms with Gasteiger partial charge in [0.2, 0.25) is 5.91 Å². The number of hydrogen-bond acceptors (Lipinski definition) is 15. The molecular formula is C52H72N9O10S2+. The van der Waals surface area contributed by atoms with E-state index in [0.717, 1.165) is 23.4 Å². The third kappa shape index (κ3) is 13.0. The molecule has 3 aliphatic rings. The highest BCUT2D eigenvalue weighted by Gasteiger charge is 2.45. The molecule has 1 aliphatic carbocycles. The molecule has 0 spiro atoms. The SMILES string of the molecule is CC[C@@H]1c2cc3[nH]c4c(c3C)C(=O)C(C(=O)OC)c4c3nc(cc4[nH]c(cc(n2)[C@H]1C)c(C(C)=O)c4C)[C@H](C)[C@H]3CCC(=O)NCCC[C@@H](C(=O)NCCNC(=O)OCCSSC[C@H](NC)OC=O)[N+](C)(C)C. The molecule has 1 unspecified atom stereocenters. The van der Waals surface area contributed by atoms with E-state index in [1.165, 1.54) is 28.7 Å². The Kier molecular flexibility index (Phi) is 19.3. The lowest BCUT2D eigenvalue weighted by atomic mass is 9.84. The van der Waals surface area contributed by atoms with Crippen molar-refractivity contribution in [1.29, 1.82) is 0 Å². The Morgan fingerprint density at radius 1 is 0.877 bits per heavy atom. The maximum atomic E-state index is 14.5. The summed E-state index contributed by atoms with van der Waals surface area (Å²) >= 11 is 0. The molecule has 5 heterocycles. The van der Waals surface area contributed by atoms with E-state index in [1.807, 2.05) is 60.1 Å². The second kappa shape index (κ2) is 25.0. The van der Waals surface area contributed by atoms with Gasteiger partial charge in [-0.05, 0) is 76.4 Å². The number of fused-ring (bicyclic) bond motifs is 8. The Morgan fingerprint density at radius 2 is 1.55 bits per heavy atom. The number of carbonyl (C=O) groups excluding carboxylic acids is 7. The summed E-state index contributed by atoms with van der Waals surface area (Å²) in [6.45, 7) is 12.9. The van der Waals surface area contributed by atoms with E-state index < -0.39 is 36.2 Å². The first-order valence-electron chi connectivity index (χ1n) is 24.9. The molecule has 6 N–H and O–H groups in total. The number of ether oxygens (including phenoxy) is 3. The van der Waals surface area contributed by atoms with E-state index in [2.05, 4.69) is 45.1 Å². The van der Waals surface area contributed by atoms with E-state index in [1.54, 1.807) is 14.0 Å². The van der Waals surface area contributed by atoms with Crippen molar-refractivity contribution in [3.63, 3.8) is 0 Å². The van der Waals surface area contributed by atoms with Crippen LogP contribution in [-0.2, 0) is 33.4 Å². The molecule has 396 valence electrons. The van der Waals surface area contributed by atoms with Crippen molar-refractivity contribution in [2.24, 2.45) is 0 Å². The second-order valence-electron chi connectivity index (χ2n) is 19.8. The summed E-state index contributed by atoms with van der Waals surface area (Å²) < 4.78 is 15.7. The van der Waals surface area contributed by atoms with Crippen LogP contribution in [0, 0.1) is 13.8 Å². The van der Waals surface area contributed by atoms with Crippen LogP contribution in [0.3, 0.4) is 0 Å². The molecule has 73 heavy (non-hydrogen) atoms.